The third kappa shape index (κ3) is 1.86. The molecule has 0 saturated carbocycles. The van der Waals surface area contributed by atoms with Gasteiger partial charge in [0.1, 0.15) is 5.75 Å². The lowest BCUT2D eigenvalue weighted by atomic mass is 9.83. The number of ether oxygens (including phenoxy) is 1. The molecule has 0 spiro atoms. The van der Waals surface area contributed by atoms with Gasteiger partial charge in [-0.1, -0.05) is 49.4 Å². The van der Waals surface area contributed by atoms with Crippen LogP contribution in [-0.4, -0.2) is 13.0 Å². The predicted molar refractivity (Wildman–Crippen MR) is 78.8 cm³/mol. The molecule has 1 amide bonds. The highest BCUT2D eigenvalue weighted by Gasteiger charge is 2.46. The molecule has 1 aliphatic rings. The summed E-state index contributed by atoms with van der Waals surface area (Å²) in [6.45, 7) is 1.98. The van der Waals surface area contributed by atoms with Crippen molar-refractivity contribution in [3.8, 4) is 5.75 Å². The van der Waals surface area contributed by atoms with Crippen LogP contribution < -0.4 is 9.64 Å². The fourth-order valence-electron chi connectivity index (χ4n) is 2.82. The van der Waals surface area contributed by atoms with Crippen molar-refractivity contribution in [3.63, 3.8) is 0 Å². The van der Waals surface area contributed by atoms with Gasteiger partial charge in [0.2, 0.25) is 5.91 Å². The van der Waals surface area contributed by atoms with Gasteiger partial charge in [-0.25, -0.2) is 0 Å². The first-order chi connectivity index (χ1) is 9.74. The molecule has 0 unspecified atom stereocenters. The van der Waals surface area contributed by atoms with Crippen LogP contribution >= 0.6 is 0 Å². The summed E-state index contributed by atoms with van der Waals surface area (Å²) in [7, 11) is 1.63. The number of β-lactam (4-membered cyclic amide) rings is 1. The van der Waals surface area contributed by atoms with Gasteiger partial charge in [0, 0.05) is 0 Å². The lowest BCUT2D eigenvalue weighted by Crippen LogP contribution is -2.54. The van der Waals surface area contributed by atoms with Crippen LogP contribution in [0.1, 0.15) is 18.5 Å². The maximum Gasteiger partial charge on any atom is 0.232 e. The number of anilines is 1. The lowest BCUT2D eigenvalue weighted by molar-refractivity contribution is -0.129. The highest BCUT2D eigenvalue weighted by molar-refractivity contribution is 6.04. The molecule has 3 heteroatoms. The summed E-state index contributed by atoms with van der Waals surface area (Å²) >= 11 is 0. The number of amides is 1. The Morgan fingerprint density at radius 1 is 1.00 bits per heavy atom. The number of benzene rings is 2. The second-order valence-electron chi connectivity index (χ2n) is 5.02. The van der Waals surface area contributed by atoms with Crippen molar-refractivity contribution >= 4 is 11.6 Å². The Balaban J connectivity index is 2.01. The SMILES string of the molecule is COc1ccccc1N1C(=O)[C@@H](C)[C@H]1c1ccccc1. The average Bonchev–Trinajstić information content (AvgIpc) is 2.52. The molecule has 1 saturated heterocycles. The Labute approximate surface area is 118 Å². The Kier molecular flexibility index (Phi) is 3.18. The van der Waals surface area contributed by atoms with E-state index in [2.05, 4.69) is 12.1 Å². The molecule has 0 aromatic heterocycles. The normalized spacial score (nSPS) is 21.5. The molecule has 0 radical (unpaired) electrons. The highest BCUT2D eigenvalue weighted by Crippen LogP contribution is 2.45. The smallest absolute Gasteiger partial charge is 0.232 e. The number of para-hydroxylation sites is 2. The molecule has 3 rings (SSSR count). The van der Waals surface area contributed by atoms with Gasteiger partial charge in [-0.3, -0.25) is 4.79 Å². The van der Waals surface area contributed by atoms with Gasteiger partial charge < -0.3 is 9.64 Å². The van der Waals surface area contributed by atoms with E-state index in [9.17, 15) is 4.79 Å². The zero-order valence-electron chi connectivity index (χ0n) is 11.6. The summed E-state index contributed by atoms with van der Waals surface area (Å²) in [6, 6.07) is 17.9. The number of nitrogens with zero attached hydrogens (tertiary/aromatic N) is 1. The van der Waals surface area contributed by atoms with Crippen molar-refractivity contribution in [2.24, 2.45) is 5.92 Å². The monoisotopic (exact) mass is 267 g/mol. The summed E-state index contributed by atoms with van der Waals surface area (Å²) in [5.74, 6) is 0.874. The molecule has 20 heavy (non-hydrogen) atoms. The number of carbonyl (C=O) groups is 1. The third-order valence-electron chi connectivity index (χ3n) is 3.86. The van der Waals surface area contributed by atoms with Crippen molar-refractivity contribution in [2.75, 3.05) is 12.0 Å². The number of carbonyl (C=O) groups excluding carboxylic acids is 1. The first kappa shape index (κ1) is 12.7. The molecule has 2 aromatic rings. The molecular formula is C17H17NO2. The number of methoxy groups -OCH3 is 1. The molecule has 0 aliphatic carbocycles. The number of rotatable bonds is 3. The van der Waals surface area contributed by atoms with Gasteiger partial charge in [-0.05, 0) is 17.7 Å². The summed E-state index contributed by atoms with van der Waals surface area (Å²) in [5, 5.41) is 0. The Bertz CT molecular complexity index is 624. The molecule has 1 aliphatic heterocycles. The highest BCUT2D eigenvalue weighted by atomic mass is 16.5. The second kappa shape index (κ2) is 5.00. The topological polar surface area (TPSA) is 29.5 Å². The van der Waals surface area contributed by atoms with E-state index >= 15 is 0 Å². The maximum absolute atomic E-state index is 12.3. The fourth-order valence-corrected chi connectivity index (χ4v) is 2.82. The molecule has 3 nitrogen and oxygen atoms in total. The molecular weight excluding hydrogens is 250 g/mol. The minimum Gasteiger partial charge on any atom is -0.495 e. The van der Waals surface area contributed by atoms with E-state index in [1.165, 1.54) is 0 Å². The van der Waals surface area contributed by atoms with Crippen LogP contribution in [0.15, 0.2) is 54.6 Å². The van der Waals surface area contributed by atoms with Crippen molar-refractivity contribution < 1.29 is 9.53 Å². The minimum atomic E-state index is 0.00214. The van der Waals surface area contributed by atoms with Crippen LogP contribution in [0.25, 0.3) is 0 Å². The summed E-state index contributed by atoms with van der Waals surface area (Å²) in [5.41, 5.74) is 2.00. The molecule has 102 valence electrons. The van der Waals surface area contributed by atoms with Gasteiger partial charge >= 0.3 is 0 Å². The Morgan fingerprint density at radius 3 is 2.35 bits per heavy atom. The van der Waals surface area contributed by atoms with Crippen molar-refractivity contribution in [1.82, 2.24) is 0 Å². The maximum atomic E-state index is 12.3. The zero-order valence-corrected chi connectivity index (χ0v) is 11.6. The molecule has 0 bridgehead atoms. The Morgan fingerprint density at radius 2 is 1.65 bits per heavy atom. The predicted octanol–water partition coefficient (Wildman–Crippen LogP) is 3.42. The van der Waals surface area contributed by atoms with E-state index in [0.29, 0.717) is 0 Å². The molecule has 2 aromatic carbocycles. The minimum absolute atomic E-state index is 0.00214. The van der Waals surface area contributed by atoms with Gasteiger partial charge in [0.15, 0.2) is 0 Å². The van der Waals surface area contributed by atoms with Gasteiger partial charge in [-0.2, -0.15) is 0 Å². The quantitative estimate of drug-likeness (QED) is 0.797. The van der Waals surface area contributed by atoms with E-state index in [1.54, 1.807) is 7.11 Å². The zero-order chi connectivity index (χ0) is 14.1. The summed E-state index contributed by atoms with van der Waals surface area (Å²) in [4.78, 5) is 14.1. The van der Waals surface area contributed by atoms with E-state index in [1.807, 2.05) is 54.3 Å². The van der Waals surface area contributed by atoms with Crippen LogP contribution in [0, 0.1) is 5.92 Å². The van der Waals surface area contributed by atoms with E-state index in [4.69, 9.17) is 4.74 Å². The molecule has 2 atom stereocenters. The van der Waals surface area contributed by atoms with Crippen molar-refractivity contribution in [1.29, 1.82) is 0 Å². The number of hydrogen-bond acceptors (Lipinski definition) is 2. The summed E-state index contributed by atoms with van der Waals surface area (Å²) < 4.78 is 5.38. The van der Waals surface area contributed by atoms with Gasteiger partial charge in [0.25, 0.3) is 0 Å². The summed E-state index contributed by atoms with van der Waals surface area (Å²) in [6.07, 6.45) is 0. The van der Waals surface area contributed by atoms with Crippen LogP contribution in [-0.2, 0) is 4.79 Å². The van der Waals surface area contributed by atoms with Crippen molar-refractivity contribution in [3.05, 3.63) is 60.2 Å². The standard InChI is InChI=1S/C17H17NO2/c1-12-16(13-8-4-3-5-9-13)18(17(12)19)14-10-6-7-11-15(14)20-2/h3-12,16H,1-2H3/t12-,16-/m0/s1. The first-order valence-electron chi connectivity index (χ1n) is 6.75. The van der Waals surface area contributed by atoms with Gasteiger partial charge in [-0.15, -0.1) is 0 Å². The first-order valence-corrected chi connectivity index (χ1v) is 6.75. The third-order valence-corrected chi connectivity index (χ3v) is 3.86. The van der Waals surface area contributed by atoms with E-state index in [-0.39, 0.29) is 17.9 Å². The van der Waals surface area contributed by atoms with E-state index in [0.717, 1.165) is 17.0 Å². The Hall–Kier alpha value is -2.29. The van der Waals surface area contributed by atoms with Crippen LogP contribution in [0.2, 0.25) is 0 Å². The average molecular weight is 267 g/mol. The number of hydrogen-bond donors (Lipinski definition) is 0. The van der Waals surface area contributed by atoms with Crippen LogP contribution in [0.5, 0.6) is 5.75 Å². The van der Waals surface area contributed by atoms with Gasteiger partial charge in [0.05, 0.1) is 24.8 Å². The van der Waals surface area contributed by atoms with Crippen molar-refractivity contribution in [2.45, 2.75) is 13.0 Å². The largest absolute Gasteiger partial charge is 0.495 e. The molecule has 0 N–H and O–H groups in total. The van der Waals surface area contributed by atoms with Crippen LogP contribution in [0.3, 0.4) is 0 Å². The lowest BCUT2D eigenvalue weighted by Gasteiger charge is -2.46. The molecule has 1 heterocycles. The fraction of sp³-hybridized carbons (Fsp3) is 0.235. The van der Waals surface area contributed by atoms with E-state index < -0.39 is 0 Å². The second-order valence-corrected chi connectivity index (χ2v) is 5.02. The molecule has 1 fully saturated rings. The van der Waals surface area contributed by atoms with Crippen LogP contribution in [0.4, 0.5) is 5.69 Å².